The molecule has 5 rings (SSSR count). The quantitative estimate of drug-likeness (QED) is 0.349. The Balaban J connectivity index is 1.51. The van der Waals surface area contributed by atoms with E-state index in [1.165, 1.54) is 77.0 Å². The lowest BCUT2D eigenvalue weighted by molar-refractivity contribution is -0.129. The highest BCUT2D eigenvalue weighted by atomic mass is 14.7. The van der Waals surface area contributed by atoms with Gasteiger partial charge < -0.3 is 0 Å². The summed E-state index contributed by atoms with van der Waals surface area (Å²) in [6.45, 7) is 18.6. The molecule has 0 heterocycles. The van der Waals surface area contributed by atoms with Gasteiger partial charge in [0.05, 0.1) is 0 Å². The molecule has 0 aromatic rings. The summed E-state index contributed by atoms with van der Waals surface area (Å²) in [5.41, 5.74) is 4.68. The Hall–Kier alpha value is -0.260. The molecule has 4 saturated carbocycles. The van der Waals surface area contributed by atoms with Crippen LogP contribution in [0.15, 0.2) is 11.6 Å². The van der Waals surface area contributed by atoms with Gasteiger partial charge in [-0.3, -0.25) is 0 Å². The second-order valence-corrected chi connectivity index (χ2v) is 14.9. The molecule has 5 aliphatic rings. The Bertz CT molecular complexity index is 724. The molecule has 0 amide bonds. The summed E-state index contributed by atoms with van der Waals surface area (Å²) in [6, 6.07) is 0. The van der Waals surface area contributed by atoms with Gasteiger partial charge in [-0.25, -0.2) is 0 Å². The van der Waals surface area contributed by atoms with Gasteiger partial charge in [-0.1, -0.05) is 73.0 Å². The number of rotatable bonds is 0. The van der Waals surface area contributed by atoms with Gasteiger partial charge >= 0.3 is 0 Å². The van der Waals surface area contributed by atoms with Crippen LogP contribution in [0.5, 0.6) is 0 Å². The van der Waals surface area contributed by atoms with Gasteiger partial charge in [-0.05, 0) is 115 Å². The zero-order chi connectivity index (χ0) is 21.6. The van der Waals surface area contributed by atoms with Crippen LogP contribution in [0.2, 0.25) is 0 Å². The molecule has 7 atom stereocenters. The van der Waals surface area contributed by atoms with Crippen molar-refractivity contribution in [1.82, 2.24) is 0 Å². The predicted molar refractivity (Wildman–Crippen MR) is 129 cm³/mol. The lowest BCUT2D eigenvalue weighted by Crippen LogP contribution is -2.54. The molecule has 0 nitrogen and oxygen atoms in total. The highest BCUT2D eigenvalue weighted by molar-refractivity contribution is 5.24. The maximum atomic E-state index is 2.79. The Labute approximate surface area is 188 Å². The third-order valence-corrected chi connectivity index (χ3v) is 12.4. The minimum Gasteiger partial charge on any atom is -0.0847 e. The molecule has 4 fully saturated rings. The summed E-state index contributed by atoms with van der Waals surface area (Å²) < 4.78 is 0. The molecule has 0 aromatic heterocycles. The van der Waals surface area contributed by atoms with Gasteiger partial charge in [-0.15, -0.1) is 0 Å². The number of hydrogen-bond acceptors (Lipinski definition) is 0. The molecule has 0 bridgehead atoms. The van der Waals surface area contributed by atoms with E-state index in [-0.39, 0.29) is 0 Å². The highest BCUT2D eigenvalue weighted by Crippen LogP contribution is 2.70. The predicted octanol–water partition coefficient (Wildman–Crippen LogP) is 9.20. The number of fused-ring (bicyclic) bond motifs is 6. The Kier molecular flexibility index (Phi) is 4.77. The van der Waals surface area contributed by atoms with Crippen LogP contribution >= 0.6 is 0 Å². The van der Waals surface area contributed by atoms with E-state index >= 15 is 0 Å². The zero-order valence-electron chi connectivity index (χ0n) is 21.4. The normalized spacial score (nSPS) is 52.0. The maximum absolute atomic E-state index is 2.79. The molecule has 0 aliphatic heterocycles. The molecule has 0 saturated heterocycles. The van der Waals surface area contributed by atoms with Crippen molar-refractivity contribution in [3.63, 3.8) is 0 Å². The zero-order valence-corrected chi connectivity index (χ0v) is 21.4. The first-order valence-electron chi connectivity index (χ1n) is 13.6. The minimum atomic E-state index is 0.530. The van der Waals surface area contributed by atoms with Crippen molar-refractivity contribution in [3.05, 3.63) is 11.6 Å². The van der Waals surface area contributed by atoms with Gasteiger partial charge in [0.25, 0.3) is 0 Å². The molecular formula is C30H50. The Morgan fingerprint density at radius 2 is 1.27 bits per heavy atom. The molecule has 0 spiro atoms. The van der Waals surface area contributed by atoms with Gasteiger partial charge in [0.1, 0.15) is 0 Å². The largest absolute Gasteiger partial charge is 0.0847 e. The van der Waals surface area contributed by atoms with Crippen LogP contribution in [0.1, 0.15) is 126 Å². The van der Waals surface area contributed by atoms with Gasteiger partial charge in [0.15, 0.2) is 0 Å². The fourth-order valence-electron chi connectivity index (χ4n) is 11.2. The smallest absolute Gasteiger partial charge is 0.0146 e. The maximum Gasteiger partial charge on any atom is -0.0146 e. The highest BCUT2D eigenvalue weighted by Gasteiger charge is 2.61. The topological polar surface area (TPSA) is 0 Å². The number of allylic oxidation sites excluding steroid dienone is 2. The van der Waals surface area contributed by atoms with Gasteiger partial charge in [-0.2, -0.15) is 0 Å². The second-order valence-electron chi connectivity index (χ2n) is 14.9. The fourth-order valence-corrected chi connectivity index (χ4v) is 11.2. The monoisotopic (exact) mass is 410 g/mol. The summed E-state index contributed by atoms with van der Waals surface area (Å²) in [5.74, 6) is 3.66. The third-order valence-electron chi connectivity index (χ3n) is 12.4. The van der Waals surface area contributed by atoms with Crippen LogP contribution in [-0.2, 0) is 0 Å². The Morgan fingerprint density at radius 1 is 0.633 bits per heavy atom. The molecule has 0 aromatic carbocycles. The van der Waals surface area contributed by atoms with Crippen molar-refractivity contribution in [1.29, 1.82) is 0 Å². The van der Waals surface area contributed by atoms with Crippen LogP contribution in [0.4, 0.5) is 0 Å². The van der Waals surface area contributed by atoms with Crippen molar-refractivity contribution in [3.8, 4) is 0 Å². The Morgan fingerprint density at radius 3 is 1.97 bits per heavy atom. The molecule has 5 aliphatic carbocycles. The van der Waals surface area contributed by atoms with E-state index in [1.807, 2.05) is 5.57 Å². The summed E-state index contributed by atoms with van der Waals surface area (Å²) in [4.78, 5) is 0. The molecule has 0 heteroatoms. The van der Waals surface area contributed by atoms with E-state index in [2.05, 4.69) is 54.5 Å². The molecule has 0 radical (unpaired) electrons. The first-order valence-corrected chi connectivity index (χ1v) is 13.6. The van der Waals surface area contributed by atoms with Gasteiger partial charge in [0.2, 0.25) is 0 Å². The lowest BCUT2D eigenvalue weighted by atomic mass is 9.42. The van der Waals surface area contributed by atoms with Crippen LogP contribution in [0.25, 0.3) is 0 Å². The van der Waals surface area contributed by atoms with Crippen LogP contribution < -0.4 is 0 Å². The molecular weight excluding hydrogens is 360 g/mol. The number of hydrogen-bond donors (Lipinski definition) is 0. The van der Waals surface area contributed by atoms with E-state index in [9.17, 15) is 0 Å². The molecule has 0 unspecified atom stereocenters. The summed E-state index contributed by atoms with van der Waals surface area (Å²) in [6.07, 6.45) is 20.3. The van der Waals surface area contributed by atoms with Crippen LogP contribution in [0.3, 0.4) is 0 Å². The standard InChI is InChI=1S/C30H50/c1-26(2)15-8-17-29(6)22-11-13-25-28(5,20-21(22)10-12-23(26)29)19-14-24-27(3,4)16-9-18-30(24,25)7/h10,22-25H,8-9,11-20H2,1-7H3/t22-,23-,24-,25-,28-,29+,30-/m0/s1. The second kappa shape index (κ2) is 6.63. The van der Waals surface area contributed by atoms with E-state index in [0.29, 0.717) is 27.1 Å². The molecule has 0 N–H and O–H groups in total. The summed E-state index contributed by atoms with van der Waals surface area (Å²) in [5, 5.41) is 0. The van der Waals surface area contributed by atoms with Crippen molar-refractivity contribution < 1.29 is 0 Å². The van der Waals surface area contributed by atoms with E-state index in [4.69, 9.17) is 0 Å². The first kappa shape index (κ1) is 21.6. The van der Waals surface area contributed by atoms with Crippen molar-refractivity contribution in [2.45, 2.75) is 126 Å². The SMILES string of the molecule is CC1(C)CCC[C@@]2(C)[C@H]1CC[C@@]1(C)CC3=CC[C@H]4C(C)(C)CCC[C@]4(C)[C@H]3CC[C@@H]12. The minimum absolute atomic E-state index is 0.530. The van der Waals surface area contributed by atoms with E-state index < -0.39 is 0 Å². The van der Waals surface area contributed by atoms with Crippen molar-refractivity contribution in [2.24, 2.45) is 50.7 Å². The lowest BCUT2D eigenvalue weighted by Gasteiger charge is -2.62. The first-order chi connectivity index (χ1) is 13.9. The van der Waals surface area contributed by atoms with Crippen LogP contribution in [0, 0.1) is 50.7 Å². The average molecular weight is 411 g/mol. The summed E-state index contributed by atoms with van der Waals surface area (Å²) >= 11 is 0. The van der Waals surface area contributed by atoms with E-state index in [1.54, 1.807) is 0 Å². The average Bonchev–Trinajstić information content (AvgIpc) is 2.77. The van der Waals surface area contributed by atoms with Crippen molar-refractivity contribution in [2.75, 3.05) is 0 Å². The summed E-state index contributed by atoms with van der Waals surface area (Å²) in [7, 11) is 0. The van der Waals surface area contributed by atoms with Gasteiger partial charge in [0, 0.05) is 0 Å². The fraction of sp³-hybridized carbons (Fsp3) is 0.933. The van der Waals surface area contributed by atoms with E-state index in [0.717, 1.165) is 23.7 Å². The third kappa shape index (κ3) is 2.90. The van der Waals surface area contributed by atoms with Crippen LogP contribution in [-0.4, -0.2) is 0 Å². The molecule has 170 valence electrons. The molecule has 30 heavy (non-hydrogen) atoms. The van der Waals surface area contributed by atoms with Crippen molar-refractivity contribution >= 4 is 0 Å².